The smallest absolute Gasteiger partial charge is 0.0404 e. The minimum absolute atomic E-state index is 0.410. The van der Waals surface area contributed by atoms with E-state index in [1.807, 2.05) is 12.3 Å². The quantitative estimate of drug-likeness (QED) is 0.815. The Kier molecular flexibility index (Phi) is 5.94. The lowest BCUT2D eigenvalue weighted by Crippen LogP contribution is -2.23. The van der Waals surface area contributed by atoms with Crippen LogP contribution < -0.4 is 5.32 Å². The van der Waals surface area contributed by atoms with Crippen LogP contribution in [0.4, 0.5) is 0 Å². The molecular formula is C19H26N2. The van der Waals surface area contributed by atoms with E-state index in [1.165, 1.54) is 22.4 Å². The summed E-state index contributed by atoms with van der Waals surface area (Å²) in [6.07, 6.45) is 5.13. The molecule has 1 atom stereocenters. The maximum Gasteiger partial charge on any atom is 0.0404 e. The first kappa shape index (κ1) is 15.7. The zero-order valence-electron chi connectivity index (χ0n) is 13.4. The molecule has 1 unspecified atom stereocenters. The summed E-state index contributed by atoms with van der Waals surface area (Å²) >= 11 is 0. The average molecular weight is 282 g/mol. The van der Waals surface area contributed by atoms with E-state index in [1.54, 1.807) is 0 Å². The van der Waals surface area contributed by atoms with Gasteiger partial charge in [0.05, 0.1) is 0 Å². The Morgan fingerprint density at radius 2 is 2.00 bits per heavy atom. The molecule has 2 nitrogen and oxygen atoms in total. The molecule has 1 N–H and O–H groups in total. The molecule has 0 aliphatic carbocycles. The number of aromatic nitrogens is 1. The van der Waals surface area contributed by atoms with E-state index in [2.05, 4.69) is 61.4 Å². The molecule has 1 aromatic carbocycles. The van der Waals surface area contributed by atoms with Gasteiger partial charge in [-0.3, -0.25) is 4.98 Å². The van der Waals surface area contributed by atoms with Gasteiger partial charge in [0.1, 0.15) is 0 Å². The van der Waals surface area contributed by atoms with Crippen LogP contribution in [0.25, 0.3) is 0 Å². The largest absolute Gasteiger partial charge is 0.310 e. The molecular weight excluding hydrogens is 256 g/mol. The third kappa shape index (κ3) is 4.68. The molecule has 2 aromatic rings. The molecule has 0 saturated heterocycles. The first-order chi connectivity index (χ1) is 10.2. The highest BCUT2D eigenvalue weighted by Crippen LogP contribution is 2.23. The molecule has 0 bridgehead atoms. The van der Waals surface area contributed by atoms with Gasteiger partial charge >= 0.3 is 0 Å². The van der Waals surface area contributed by atoms with E-state index in [0.717, 1.165) is 25.8 Å². The van der Waals surface area contributed by atoms with Gasteiger partial charge in [-0.05, 0) is 62.9 Å². The zero-order chi connectivity index (χ0) is 15.1. The highest BCUT2D eigenvalue weighted by atomic mass is 14.9. The molecule has 1 aromatic heterocycles. The average Bonchev–Trinajstić information content (AvgIpc) is 2.49. The lowest BCUT2D eigenvalue weighted by Gasteiger charge is -2.21. The van der Waals surface area contributed by atoms with Crippen LogP contribution in [0.15, 0.2) is 42.6 Å². The van der Waals surface area contributed by atoms with Crippen molar-refractivity contribution in [3.63, 3.8) is 0 Å². The predicted octanol–water partition coefficient (Wildman–Crippen LogP) is 4.37. The monoisotopic (exact) mass is 282 g/mol. The molecule has 21 heavy (non-hydrogen) atoms. The minimum Gasteiger partial charge on any atom is -0.310 e. The van der Waals surface area contributed by atoms with Crippen LogP contribution in [0, 0.1) is 13.8 Å². The second-order valence-corrected chi connectivity index (χ2v) is 5.73. The lowest BCUT2D eigenvalue weighted by atomic mass is 9.95. The summed E-state index contributed by atoms with van der Waals surface area (Å²) < 4.78 is 0. The van der Waals surface area contributed by atoms with Crippen molar-refractivity contribution in [1.82, 2.24) is 10.3 Å². The van der Waals surface area contributed by atoms with Gasteiger partial charge in [0.25, 0.3) is 0 Å². The van der Waals surface area contributed by atoms with Crippen molar-refractivity contribution in [3.8, 4) is 0 Å². The third-order valence-electron chi connectivity index (χ3n) is 3.86. The van der Waals surface area contributed by atoms with Crippen LogP contribution >= 0.6 is 0 Å². The molecule has 0 spiro atoms. The van der Waals surface area contributed by atoms with Crippen LogP contribution in [0.2, 0.25) is 0 Å². The van der Waals surface area contributed by atoms with E-state index in [4.69, 9.17) is 0 Å². The minimum atomic E-state index is 0.410. The summed E-state index contributed by atoms with van der Waals surface area (Å²) in [5.41, 5.74) is 5.30. The van der Waals surface area contributed by atoms with Gasteiger partial charge in [0.2, 0.25) is 0 Å². The number of hydrogen-bond donors (Lipinski definition) is 1. The van der Waals surface area contributed by atoms with Crippen molar-refractivity contribution in [2.24, 2.45) is 0 Å². The van der Waals surface area contributed by atoms with Crippen molar-refractivity contribution >= 4 is 0 Å². The normalized spacial score (nSPS) is 12.3. The Morgan fingerprint density at radius 1 is 1.14 bits per heavy atom. The van der Waals surface area contributed by atoms with Gasteiger partial charge in [-0.1, -0.05) is 36.8 Å². The summed E-state index contributed by atoms with van der Waals surface area (Å²) in [6.45, 7) is 7.63. The summed E-state index contributed by atoms with van der Waals surface area (Å²) in [5, 5.41) is 3.69. The van der Waals surface area contributed by atoms with Crippen molar-refractivity contribution in [2.75, 3.05) is 6.54 Å². The molecule has 112 valence electrons. The number of pyridine rings is 1. The molecule has 0 fully saturated rings. The standard InChI is InChI=1S/C19H26N2/c1-4-12-21-19(11-9-17-7-5-6-13-20-17)18-10-8-15(2)14-16(18)3/h5-8,10,13-14,19,21H,4,9,11-12H2,1-3H3. The number of aryl methyl sites for hydroxylation is 3. The third-order valence-corrected chi connectivity index (χ3v) is 3.86. The van der Waals surface area contributed by atoms with Crippen LogP contribution in [0.5, 0.6) is 0 Å². The molecule has 0 saturated carbocycles. The van der Waals surface area contributed by atoms with E-state index >= 15 is 0 Å². The highest BCUT2D eigenvalue weighted by Gasteiger charge is 2.13. The Labute approximate surface area is 128 Å². The molecule has 2 rings (SSSR count). The second kappa shape index (κ2) is 7.94. The van der Waals surface area contributed by atoms with Gasteiger partial charge in [0, 0.05) is 17.9 Å². The topological polar surface area (TPSA) is 24.9 Å². The van der Waals surface area contributed by atoms with Crippen LogP contribution in [-0.4, -0.2) is 11.5 Å². The Bertz CT molecular complexity index is 549. The first-order valence-corrected chi connectivity index (χ1v) is 7.91. The second-order valence-electron chi connectivity index (χ2n) is 5.73. The number of nitrogens with one attached hydrogen (secondary N) is 1. The fourth-order valence-electron chi connectivity index (χ4n) is 2.74. The van der Waals surface area contributed by atoms with E-state index in [0.29, 0.717) is 6.04 Å². The summed E-state index contributed by atoms with van der Waals surface area (Å²) in [7, 11) is 0. The van der Waals surface area contributed by atoms with E-state index in [-0.39, 0.29) is 0 Å². The van der Waals surface area contributed by atoms with Crippen LogP contribution in [0.3, 0.4) is 0 Å². The fraction of sp³-hybridized carbons (Fsp3) is 0.421. The van der Waals surface area contributed by atoms with Gasteiger partial charge in [-0.2, -0.15) is 0 Å². The Balaban J connectivity index is 2.10. The van der Waals surface area contributed by atoms with Gasteiger partial charge in [0.15, 0.2) is 0 Å². The highest BCUT2D eigenvalue weighted by molar-refractivity contribution is 5.33. The molecule has 0 aliphatic rings. The first-order valence-electron chi connectivity index (χ1n) is 7.91. The number of rotatable bonds is 7. The lowest BCUT2D eigenvalue weighted by molar-refractivity contribution is 0.495. The summed E-state index contributed by atoms with van der Waals surface area (Å²) in [6, 6.07) is 13.3. The van der Waals surface area contributed by atoms with Gasteiger partial charge < -0.3 is 5.32 Å². The Hall–Kier alpha value is -1.67. The Morgan fingerprint density at radius 3 is 2.67 bits per heavy atom. The number of nitrogens with zero attached hydrogens (tertiary/aromatic N) is 1. The summed E-state index contributed by atoms with van der Waals surface area (Å²) in [5.74, 6) is 0. The maximum absolute atomic E-state index is 4.43. The zero-order valence-corrected chi connectivity index (χ0v) is 13.4. The van der Waals surface area contributed by atoms with Crippen LogP contribution in [-0.2, 0) is 6.42 Å². The SMILES string of the molecule is CCCNC(CCc1ccccn1)c1ccc(C)cc1C. The molecule has 1 heterocycles. The predicted molar refractivity (Wildman–Crippen MR) is 89.5 cm³/mol. The number of benzene rings is 1. The van der Waals surface area contributed by atoms with Gasteiger partial charge in [-0.25, -0.2) is 0 Å². The van der Waals surface area contributed by atoms with Gasteiger partial charge in [-0.15, -0.1) is 0 Å². The van der Waals surface area contributed by atoms with Crippen molar-refractivity contribution in [2.45, 2.75) is 46.1 Å². The van der Waals surface area contributed by atoms with Crippen molar-refractivity contribution in [1.29, 1.82) is 0 Å². The molecule has 0 radical (unpaired) electrons. The maximum atomic E-state index is 4.43. The van der Waals surface area contributed by atoms with Crippen molar-refractivity contribution in [3.05, 3.63) is 65.0 Å². The van der Waals surface area contributed by atoms with E-state index in [9.17, 15) is 0 Å². The van der Waals surface area contributed by atoms with E-state index < -0.39 is 0 Å². The van der Waals surface area contributed by atoms with Crippen LogP contribution in [0.1, 0.15) is 48.2 Å². The van der Waals surface area contributed by atoms with Crippen molar-refractivity contribution < 1.29 is 0 Å². The molecule has 0 amide bonds. The fourth-order valence-corrected chi connectivity index (χ4v) is 2.74. The molecule has 0 aliphatic heterocycles. The number of hydrogen-bond acceptors (Lipinski definition) is 2. The summed E-state index contributed by atoms with van der Waals surface area (Å²) in [4.78, 5) is 4.43. The molecule has 2 heteroatoms.